The van der Waals surface area contributed by atoms with Crippen LogP contribution in [-0.2, 0) is 48.3 Å². The topological polar surface area (TPSA) is 246 Å². The number of ketones is 1. The molecule has 0 bridgehead atoms. The Kier molecular flexibility index (Phi) is 19.8. The SMILES string of the molecule is CCC(CC(=O)CC[C@@H](C)C(=O)Nc1ccc(COC(=O)N(C)CCN(C)C(=O)OCN2C(=O)C(N3Cc4cc(CNC(=O)Nc5ccc(C)c(Cl)c5)ccc4C3=O)CCC2O)cc1)NC(=O)OC(C)(C)C. The van der Waals surface area contributed by atoms with Crippen molar-refractivity contribution in [3.63, 3.8) is 0 Å². The molecular weight excluding hydrogens is 952 g/mol. The summed E-state index contributed by atoms with van der Waals surface area (Å²) in [5.74, 6) is -1.72. The molecular formula is C51H67ClN8O12. The van der Waals surface area contributed by atoms with E-state index in [1.807, 2.05) is 13.8 Å². The second-order valence-corrected chi connectivity index (χ2v) is 19.5. The zero-order valence-electron chi connectivity index (χ0n) is 42.2. The van der Waals surface area contributed by atoms with Gasteiger partial charge >= 0.3 is 24.3 Å². The lowest BCUT2D eigenvalue weighted by atomic mass is 9.98. The number of halogens is 1. The summed E-state index contributed by atoms with van der Waals surface area (Å²) < 4.78 is 16.1. The molecule has 2 aliphatic rings. The number of rotatable bonds is 20. The number of alkyl carbamates (subject to hydrolysis) is 1. The number of urea groups is 1. The highest BCUT2D eigenvalue weighted by molar-refractivity contribution is 6.31. The number of anilines is 2. The number of aliphatic hydroxyl groups excluding tert-OH is 1. The monoisotopic (exact) mass is 1020 g/mol. The summed E-state index contributed by atoms with van der Waals surface area (Å²) >= 11 is 6.17. The molecule has 3 aromatic rings. The number of nitrogens with one attached hydrogen (secondary N) is 4. The molecule has 1 fully saturated rings. The minimum absolute atomic E-state index is 0.0411. The predicted octanol–water partition coefficient (Wildman–Crippen LogP) is 7.15. The zero-order valence-corrected chi connectivity index (χ0v) is 42.9. The summed E-state index contributed by atoms with van der Waals surface area (Å²) in [6, 6.07) is 15.4. The van der Waals surface area contributed by atoms with E-state index in [2.05, 4.69) is 21.3 Å². The van der Waals surface area contributed by atoms with E-state index in [1.165, 1.54) is 28.8 Å². The Labute approximate surface area is 425 Å². The van der Waals surface area contributed by atoms with Crippen molar-refractivity contribution in [2.45, 2.75) is 124 Å². The van der Waals surface area contributed by atoms with Crippen molar-refractivity contribution in [1.82, 2.24) is 30.2 Å². The Morgan fingerprint density at radius 1 is 0.875 bits per heavy atom. The number of carbonyl (C=O) groups is 8. The summed E-state index contributed by atoms with van der Waals surface area (Å²) in [5.41, 5.74) is 3.78. The number of hydrogen-bond acceptors (Lipinski definition) is 12. The summed E-state index contributed by atoms with van der Waals surface area (Å²) in [6.45, 7) is 10.5. The maximum absolute atomic E-state index is 13.7. The van der Waals surface area contributed by atoms with Gasteiger partial charge in [0.1, 0.15) is 30.3 Å². The van der Waals surface area contributed by atoms with Gasteiger partial charge in [-0.05, 0) is 106 Å². The van der Waals surface area contributed by atoms with Crippen LogP contribution in [0.25, 0.3) is 0 Å². The molecule has 0 aromatic heterocycles. The van der Waals surface area contributed by atoms with E-state index < -0.39 is 60.7 Å². The largest absolute Gasteiger partial charge is 0.445 e. The van der Waals surface area contributed by atoms with Crippen LogP contribution in [0, 0.1) is 12.8 Å². The molecule has 5 N–H and O–H groups in total. The van der Waals surface area contributed by atoms with Gasteiger partial charge in [-0.25, -0.2) is 19.2 Å². The molecule has 4 atom stereocenters. The number of piperidine rings is 1. The molecule has 5 rings (SSSR count). The number of likely N-dealkylation sites (N-methyl/N-ethyl adjacent to an activating group) is 2. The molecule has 20 nitrogen and oxygen atoms in total. The zero-order chi connectivity index (χ0) is 52.9. The molecule has 3 aromatic carbocycles. The van der Waals surface area contributed by atoms with E-state index in [-0.39, 0.29) is 82.1 Å². The number of fused-ring (bicyclic) bond motifs is 1. The number of likely N-dealkylation sites (tertiary alicyclic amines) is 1. The van der Waals surface area contributed by atoms with E-state index >= 15 is 0 Å². The number of ether oxygens (including phenoxy) is 3. The van der Waals surface area contributed by atoms with Crippen LogP contribution in [0.4, 0.5) is 30.6 Å². The van der Waals surface area contributed by atoms with Crippen LogP contribution in [0.3, 0.4) is 0 Å². The Morgan fingerprint density at radius 3 is 2.18 bits per heavy atom. The van der Waals surface area contributed by atoms with Crippen LogP contribution in [0.15, 0.2) is 60.7 Å². The van der Waals surface area contributed by atoms with Crippen molar-refractivity contribution in [2.75, 3.05) is 44.5 Å². The first-order valence-corrected chi connectivity index (χ1v) is 24.3. The molecule has 21 heteroatoms. The number of hydrogen-bond donors (Lipinski definition) is 5. The van der Waals surface area contributed by atoms with E-state index in [1.54, 1.807) is 88.4 Å². The van der Waals surface area contributed by atoms with Crippen molar-refractivity contribution in [2.24, 2.45) is 5.92 Å². The lowest BCUT2D eigenvalue weighted by Crippen LogP contribution is -2.57. The number of aliphatic hydroxyl groups is 1. The molecule has 8 amide bonds. The smallest absolute Gasteiger partial charge is 0.411 e. The molecule has 390 valence electrons. The summed E-state index contributed by atoms with van der Waals surface area (Å²) in [6.07, 6.45) is -1.77. The van der Waals surface area contributed by atoms with Gasteiger partial charge in [-0.15, -0.1) is 0 Å². The first-order valence-electron chi connectivity index (χ1n) is 23.9. The number of amides is 8. The van der Waals surface area contributed by atoms with E-state index in [9.17, 15) is 43.5 Å². The fourth-order valence-electron chi connectivity index (χ4n) is 7.73. The summed E-state index contributed by atoms with van der Waals surface area (Å²) in [4.78, 5) is 108. The van der Waals surface area contributed by atoms with Crippen molar-refractivity contribution in [3.8, 4) is 0 Å². The Bertz CT molecular complexity index is 2470. The highest BCUT2D eigenvalue weighted by atomic mass is 35.5. The molecule has 1 saturated heterocycles. The van der Waals surface area contributed by atoms with Gasteiger partial charge < -0.3 is 55.3 Å². The average Bonchev–Trinajstić information content (AvgIpc) is 3.65. The van der Waals surface area contributed by atoms with Crippen LogP contribution >= 0.6 is 11.6 Å². The normalized spacial score (nSPS) is 16.2. The first-order chi connectivity index (χ1) is 34.0. The second-order valence-electron chi connectivity index (χ2n) is 19.1. The quantitative estimate of drug-likeness (QED) is 0.0709. The van der Waals surface area contributed by atoms with Gasteiger partial charge in [0.25, 0.3) is 5.91 Å². The van der Waals surface area contributed by atoms with Crippen molar-refractivity contribution in [1.29, 1.82) is 0 Å². The van der Waals surface area contributed by atoms with Crippen LogP contribution in [-0.4, -0.2) is 130 Å². The van der Waals surface area contributed by atoms with E-state index in [4.69, 9.17) is 25.8 Å². The number of aryl methyl sites for hydroxylation is 1. The number of nitrogens with zero attached hydrogens (tertiary/aromatic N) is 4. The molecule has 2 heterocycles. The lowest BCUT2D eigenvalue weighted by molar-refractivity contribution is -0.161. The molecule has 0 saturated carbocycles. The molecule has 0 aliphatic carbocycles. The van der Waals surface area contributed by atoms with Gasteiger partial charge in [-0.2, -0.15) is 0 Å². The van der Waals surface area contributed by atoms with Crippen molar-refractivity contribution >= 4 is 70.8 Å². The van der Waals surface area contributed by atoms with Crippen LogP contribution in [0.5, 0.6) is 0 Å². The lowest BCUT2D eigenvalue weighted by Gasteiger charge is -2.39. The van der Waals surface area contributed by atoms with Crippen LogP contribution in [0.1, 0.15) is 106 Å². The molecule has 0 radical (unpaired) electrons. The Morgan fingerprint density at radius 2 is 1.53 bits per heavy atom. The summed E-state index contributed by atoms with van der Waals surface area (Å²) in [7, 11) is 2.95. The summed E-state index contributed by atoms with van der Waals surface area (Å²) in [5, 5.41) is 22.4. The second kappa shape index (κ2) is 25.5. The highest BCUT2D eigenvalue weighted by Gasteiger charge is 2.43. The fraction of sp³-hybridized carbons (Fsp3) is 0.490. The maximum atomic E-state index is 13.7. The van der Waals surface area contributed by atoms with Crippen molar-refractivity contribution in [3.05, 3.63) is 93.5 Å². The Hall–Kier alpha value is -6.93. The van der Waals surface area contributed by atoms with Gasteiger partial charge in [0.15, 0.2) is 6.73 Å². The van der Waals surface area contributed by atoms with Crippen LogP contribution < -0.4 is 21.3 Å². The van der Waals surface area contributed by atoms with Gasteiger partial charge in [0.2, 0.25) is 11.8 Å². The van der Waals surface area contributed by atoms with Crippen molar-refractivity contribution < 1.29 is 57.7 Å². The molecule has 2 aliphatic heterocycles. The Balaban J connectivity index is 0.989. The number of carbonyl (C=O) groups excluding carboxylic acids is 8. The average molecular weight is 1020 g/mol. The predicted molar refractivity (Wildman–Crippen MR) is 268 cm³/mol. The highest BCUT2D eigenvalue weighted by Crippen LogP contribution is 2.31. The first kappa shape index (κ1) is 56.0. The van der Waals surface area contributed by atoms with Gasteiger partial charge in [0.05, 0.1) is 0 Å². The third-order valence-corrected chi connectivity index (χ3v) is 12.6. The minimum atomic E-state index is -1.25. The third kappa shape index (κ3) is 16.3. The van der Waals surface area contributed by atoms with Gasteiger partial charge in [0, 0.05) is 87.0 Å². The van der Waals surface area contributed by atoms with E-state index in [0.29, 0.717) is 45.9 Å². The standard InChI is InChI=1S/C51H67ClN8O12/c1-9-36(56-48(67)72-51(4,5)6)25-39(61)18-11-32(3)44(63)54-37-16-12-33(13-17-37)29-70-49(68)57(7)22-23-58(8)50(69)71-30-60-43(62)21-20-42(46(60)65)59-28-35-24-34(14-19-40(35)45(59)64)27-53-47(66)55-38-15-10-31(2)41(52)26-38/h10,12-17,19,24,26,32,36,42-43,62H,9,11,18,20-23,25,27-30H2,1-8H3,(H,54,63)(H,56,67)(H2,53,55,66)/t32-,36?,42?,43?/m1/s1. The van der Waals surface area contributed by atoms with Gasteiger partial charge in [-0.3, -0.25) is 24.1 Å². The number of benzene rings is 3. The minimum Gasteiger partial charge on any atom is -0.445 e. The van der Waals surface area contributed by atoms with E-state index in [0.717, 1.165) is 16.0 Å². The third-order valence-electron chi connectivity index (χ3n) is 12.2. The molecule has 0 spiro atoms. The fourth-order valence-corrected chi connectivity index (χ4v) is 7.91. The number of Topliss-reactive ketones (excluding diaryl/α,β-unsaturated/α-hetero) is 1. The van der Waals surface area contributed by atoms with Gasteiger partial charge in [-0.1, -0.05) is 55.8 Å². The molecule has 72 heavy (non-hydrogen) atoms. The molecule has 3 unspecified atom stereocenters. The van der Waals surface area contributed by atoms with Crippen LogP contribution in [0.2, 0.25) is 5.02 Å². The maximum Gasteiger partial charge on any atom is 0.411 e.